The zero-order valence-corrected chi connectivity index (χ0v) is 18.6. The summed E-state index contributed by atoms with van der Waals surface area (Å²) in [4.78, 5) is 6.67. The van der Waals surface area contributed by atoms with Crippen molar-refractivity contribution in [2.24, 2.45) is 4.99 Å². The van der Waals surface area contributed by atoms with Gasteiger partial charge in [-0.3, -0.25) is 0 Å². The lowest BCUT2D eigenvalue weighted by Crippen LogP contribution is -2.38. The maximum Gasteiger partial charge on any atom is 0.194 e. The van der Waals surface area contributed by atoms with Crippen LogP contribution in [0.3, 0.4) is 0 Å². The molecule has 2 N–H and O–H groups in total. The number of guanidine groups is 1. The number of nitrogens with one attached hydrogen (secondary N) is 1. The highest BCUT2D eigenvalue weighted by molar-refractivity contribution is 14.0. The van der Waals surface area contributed by atoms with Crippen LogP contribution in [0, 0.1) is 0 Å². The van der Waals surface area contributed by atoms with Crippen molar-refractivity contribution in [3.05, 3.63) is 53.6 Å². The van der Waals surface area contributed by atoms with Crippen molar-refractivity contribution in [3.63, 3.8) is 0 Å². The molecule has 0 aromatic heterocycles. The molecule has 0 aliphatic rings. The molecule has 0 amide bonds. The molecule has 6 nitrogen and oxygen atoms in total. The number of para-hydroxylation sites is 1. The van der Waals surface area contributed by atoms with Crippen molar-refractivity contribution in [2.75, 3.05) is 27.8 Å². The number of rotatable bonds is 7. The summed E-state index contributed by atoms with van der Waals surface area (Å²) in [5.41, 5.74) is 1.79. The van der Waals surface area contributed by atoms with E-state index in [1.54, 1.807) is 32.4 Å². The van der Waals surface area contributed by atoms with Gasteiger partial charge in [0.1, 0.15) is 17.2 Å². The minimum Gasteiger partial charge on any atom is -0.508 e. The Balaban J connectivity index is 0.00000364. The number of methoxy groups -OCH3 is 2. The molecule has 0 fully saturated rings. The molecule has 0 atom stereocenters. The van der Waals surface area contributed by atoms with E-state index in [2.05, 4.69) is 10.3 Å². The molecule has 2 rings (SSSR count). The fraction of sp³-hybridized carbons (Fsp3) is 0.350. The van der Waals surface area contributed by atoms with Crippen molar-refractivity contribution in [3.8, 4) is 17.2 Å². The van der Waals surface area contributed by atoms with Crippen LogP contribution in [0.2, 0.25) is 0 Å². The molecule has 0 spiro atoms. The predicted octanol–water partition coefficient (Wildman–Crippen LogP) is 3.62. The van der Waals surface area contributed by atoms with Gasteiger partial charge in [-0.1, -0.05) is 18.2 Å². The van der Waals surface area contributed by atoms with Gasteiger partial charge in [0.25, 0.3) is 0 Å². The predicted molar refractivity (Wildman–Crippen MR) is 119 cm³/mol. The first-order valence-corrected chi connectivity index (χ1v) is 8.56. The lowest BCUT2D eigenvalue weighted by molar-refractivity contribution is 0.396. The van der Waals surface area contributed by atoms with Crippen molar-refractivity contribution in [2.45, 2.75) is 20.0 Å². The van der Waals surface area contributed by atoms with Gasteiger partial charge in [-0.05, 0) is 31.2 Å². The summed E-state index contributed by atoms with van der Waals surface area (Å²) >= 11 is 0. The van der Waals surface area contributed by atoms with Gasteiger partial charge in [-0.2, -0.15) is 0 Å². The fourth-order valence-corrected chi connectivity index (χ4v) is 2.61. The van der Waals surface area contributed by atoms with E-state index in [0.717, 1.165) is 23.8 Å². The number of aromatic hydroxyl groups is 1. The first kappa shape index (κ1) is 22.9. The minimum absolute atomic E-state index is 0. The van der Waals surface area contributed by atoms with E-state index in [9.17, 15) is 5.11 Å². The molecule has 148 valence electrons. The van der Waals surface area contributed by atoms with Gasteiger partial charge in [-0.15, -0.1) is 24.0 Å². The summed E-state index contributed by atoms with van der Waals surface area (Å²) in [5, 5.41) is 13.3. The third kappa shape index (κ3) is 6.50. The lowest BCUT2D eigenvalue weighted by atomic mass is 10.2. The summed E-state index contributed by atoms with van der Waals surface area (Å²) in [6.07, 6.45) is 0. The fourth-order valence-electron chi connectivity index (χ4n) is 2.61. The van der Waals surface area contributed by atoms with Gasteiger partial charge < -0.3 is 24.8 Å². The Labute approximate surface area is 178 Å². The molecule has 0 aliphatic heterocycles. The molecule has 0 bridgehead atoms. The Hall–Kier alpha value is -2.16. The molecule has 2 aromatic rings. The largest absolute Gasteiger partial charge is 0.508 e. The van der Waals surface area contributed by atoms with E-state index >= 15 is 0 Å². The minimum atomic E-state index is 0. The molecule has 0 unspecified atom stereocenters. The van der Waals surface area contributed by atoms with Gasteiger partial charge in [0.2, 0.25) is 0 Å². The quantitative estimate of drug-likeness (QED) is 0.356. The summed E-state index contributed by atoms with van der Waals surface area (Å²) in [6.45, 7) is 3.77. The number of aliphatic imine (C=N–C) groups is 1. The molecule has 0 radical (unpaired) electrons. The monoisotopic (exact) mass is 485 g/mol. The molecular weight excluding hydrogens is 457 g/mol. The highest BCUT2D eigenvalue weighted by atomic mass is 127. The van der Waals surface area contributed by atoms with E-state index in [0.29, 0.717) is 24.4 Å². The third-order valence-corrected chi connectivity index (χ3v) is 3.98. The van der Waals surface area contributed by atoms with E-state index in [1.807, 2.05) is 43.1 Å². The SMILES string of the molecule is CCNC(=NCc1cc(OC)ccc1O)N(C)Cc1ccccc1OC.I. The number of hydrogen-bond acceptors (Lipinski definition) is 4. The number of halogens is 1. The Morgan fingerprint density at radius 2 is 1.85 bits per heavy atom. The summed E-state index contributed by atoms with van der Waals surface area (Å²) in [6, 6.07) is 13.1. The zero-order chi connectivity index (χ0) is 18.9. The topological polar surface area (TPSA) is 66.3 Å². The molecular formula is C20H28IN3O3. The molecule has 0 heterocycles. The second-order valence-corrected chi connectivity index (χ2v) is 5.83. The Morgan fingerprint density at radius 1 is 1.11 bits per heavy atom. The number of ether oxygens (including phenoxy) is 2. The van der Waals surface area contributed by atoms with Crippen LogP contribution in [0.1, 0.15) is 18.1 Å². The summed E-state index contributed by atoms with van der Waals surface area (Å²) < 4.78 is 10.6. The summed E-state index contributed by atoms with van der Waals surface area (Å²) in [7, 11) is 5.24. The number of hydrogen-bond donors (Lipinski definition) is 2. The standard InChI is InChI=1S/C20H27N3O3.HI/c1-5-21-20(22-13-16-12-17(25-3)10-11-18(16)24)23(2)14-15-8-6-7-9-19(15)26-4;/h6-12,24H,5,13-14H2,1-4H3,(H,21,22);1H. The van der Waals surface area contributed by atoms with E-state index in [4.69, 9.17) is 9.47 Å². The molecule has 27 heavy (non-hydrogen) atoms. The normalized spacial score (nSPS) is 10.7. The Morgan fingerprint density at radius 3 is 2.52 bits per heavy atom. The van der Waals surface area contributed by atoms with Crippen molar-refractivity contribution in [1.82, 2.24) is 10.2 Å². The maximum absolute atomic E-state index is 10.0. The van der Waals surface area contributed by atoms with Gasteiger partial charge in [0, 0.05) is 31.3 Å². The highest BCUT2D eigenvalue weighted by Crippen LogP contribution is 2.24. The molecule has 0 aliphatic carbocycles. The third-order valence-electron chi connectivity index (χ3n) is 3.98. The van der Waals surface area contributed by atoms with E-state index in [1.165, 1.54) is 0 Å². The molecule has 0 saturated carbocycles. The number of phenolic OH excluding ortho intramolecular Hbond substituents is 1. The highest BCUT2D eigenvalue weighted by Gasteiger charge is 2.10. The van der Waals surface area contributed by atoms with Crippen molar-refractivity contribution in [1.29, 1.82) is 0 Å². The van der Waals surface area contributed by atoms with Gasteiger partial charge in [0.15, 0.2) is 5.96 Å². The van der Waals surface area contributed by atoms with Crippen LogP contribution in [0.5, 0.6) is 17.2 Å². The average molecular weight is 485 g/mol. The first-order chi connectivity index (χ1) is 12.6. The number of nitrogens with zero attached hydrogens (tertiary/aromatic N) is 2. The van der Waals surface area contributed by atoms with Crippen LogP contribution < -0.4 is 14.8 Å². The zero-order valence-electron chi connectivity index (χ0n) is 16.2. The molecule has 2 aromatic carbocycles. The van der Waals surface area contributed by atoms with E-state index < -0.39 is 0 Å². The Kier molecular flexibility index (Phi) is 9.77. The molecule has 0 saturated heterocycles. The lowest BCUT2D eigenvalue weighted by Gasteiger charge is -2.23. The smallest absolute Gasteiger partial charge is 0.194 e. The van der Waals surface area contributed by atoms with Crippen molar-refractivity contribution >= 4 is 29.9 Å². The van der Waals surface area contributed by atoms with E-state index in [-0.39, 0.29) is 29.7 Å². The van der Waals surface area contributed by atoms with Gasteiger partial charge in [-0.25, -0.2) is 4.99 Å². The number of benzene rings is 2. The van der Waals surface area contributed by atoms with Crippen LogP contribution in [-0.2, 0) is 13.1 Å². The second kappa shape index (κ2) is 11.5. The Bertz CT molecular complexity index is 753. The molecule has 7 heteroatoms. The average Bonchev–Trinajstić information content (AvgIpc) is 2.66. The maximum atomic E-state index is 10.0. The van der Waals surface area contributed by atoms with Crippen LogP contribution in [0.15, 0.2) is 47.5 Å². The number of phenols is 1. The van der Waals surface area contributed by atoms with Crippen LogP contribution in [0.4, 0.5) is 0 Å². The van der Waals surface area contributed by atoms with Gasteiger partial charge >= 0.3 is 0 Å². The summed E-state index contributed by atoms with van der Waals surface area (Å²) in [5.74, 6) is 2.50. The second-order valence-electron chi connectivity index (χ2n) is 5.83. The van der Waals surface area contributed by atoms with Gasteiger partial charge in [0.05, 0.1) is 20.8 Å². The van der Waals surface area contributed by atoms with Crippen LogP contribution in [0.25, 0.3) is 0 Å². The van der Waals surface area contributed by atoms with Crippen LogP contribution in [-0.4, -0.2) is 43.8 Å². The first-order valence-electron chi connectivity index (χ1n) is 8.56. The van der Waals surface area contributed by atoms with Crippen molar-refractivity contribution < 1.29 is 14.6 Å². The van der Waals surface area contributed by atoms with Crippen LogP contribution >= 0.6 is 24.0 Å².